The summed E-state index contributed by atoms with van der Waals surface area (Å²) in [5.74, 6) is 2.76. The van der Waals surface area contributed by atoms with E-state index in [1.54, 1.807) is 14.2 Å². The van der Waals surface area contributed by atoms with Crippen LogP contribution in [0.1, 0.15) is 25.3 Å². The molecule has 0 amide bonds. The number of rotatable bonds is 7. The van der Waals surface area contributed by atoms with Crippen LogP contribution in [-0.4, -0.2) is 51.3 Å². The van der Waals surface area contributed by atoms with Gasteiger partial charge in [0, 0.05) is 13.1 Å². The number of nitrogens with one attached hydrogen (secondary N) is 1. The summed E-state index contributed by atoms with van der Waals surface area (Å²) >= 11 is 0. The Labute approximate surface area is 145 Å². The van der Waals surface area contributed by atoms with Gasteiger partial charge in [0.15, 0.2) is 17.5 Å². The lowest BCUT2D eigenvalue weighted by Crippen LogP contribution is -2.41. The molecule has 0 atom stereocenters. The molecule has 0 aliphatic carbocycles. The van der Waals surface area contributed by atoms with Crippen molar-refractivity contribution in [2.45, 2.75) is 26.3 Å². The van der Waals surface area contributed by atoms with Crippen molar-refractivity contribution in [3.05, 3.63) is 23.8 Å². The summed E-state index contributed by atoms with van der Waals surface area (Å²) in [6, 6.07) is 5.77. The molecule has 1 aliphatic rings. The van der Waals surface area contributed by atoms with Crippen LogP contribution in [0.25, 0.3) is 0 Å². The first-order chi connectivity index (χ1) is 11.6. The highest BCUT2D eigenvalue weighted by atomic mass is 16.5. The highest BCUT2D eigenvalue weighted by Crippen LogP contribution is 2.27. The van der Waals surface area contributed by atoms with Crippen molar-refractivity contribution in [3.63, 3.8) is 0 Å². The van der Waals surface area contributed by atoms with Crippen molar-refractivity contribution in [1.29, 1.82) is 0 Å². The van der Waals surface area contributed by atoms with Gasteiger partial charge in [-0.2, -0.15) is 0 Å². The van der Waals surface area contributed by atoms with Gasteiger partial charge in [-0.1, -0.05) is 13.0 Å². The Morgan fingerprint density at radius 2 is 1.96 bits per heavy atom. The predicted molar refractivity (Wildman–Crippen MR) is 97.7 cm³/mol. The molecule has 1 heterocycles. The fourth-order valence-electron chi connectivity index (χ4n) is 2.84. The first-order valence-electron chi connectivity index (χ1n) is 8.59. The van der Waals surface area contributed by atoms with Gasteiger partial charge in [-0.05, 0) is 49.5 Å². The molecule has 0 radical (unpaired) electrons. The molecule has 0 bridgehead atoms. The van der Waals surface area contributed by atoms with Gasteiger partial charge in [-0.3, -0.25) is 0 Å². The maximum absolute atomic E-state index is 5.95. The van der Waals surface area contributed by atoms with Crippen molar-refractivity contribution in [3.8, 4) is 11.5 Å². The third-order valence-electron chi connectivity index (χ3n) is 4.49. The lowest BCUT2D eigenvalue weighted by Gasteiger charge is -2.30. The second-order valence-corrected chi connectivity index (χ2v) is 6.34. The molecule has 1 aromatic rings. The minimum Gasteiger partial charge on any atom is -0.493 e. The van der Waals surface area contributed by atoms with Gasteiger partial charge in [-0.15, -0.1) is 0 Å². The van der Waals surface area contributed by atoms with E-state index in [-0.39, 0.29) is 0 Å². The molecule has 0 spiro atoms. The first-order valence-corrected chi connectivity index (χ1v) is 8.59. The topological polar surface area (TPSA) is 72.1 Å². The Kier molecular flexibility index (Phi) is 7.18. The van der Waals surface area contributed by atoms with E-state index >= 15 is 0 Å². The zero-order chi connectivity index (χ0) is 17.4. The Balaban J connectivity index is 1.75. The number of nitrogens with two attached hydrogens (primary N) is 1. The van der Waals surface area contributed by atoms with E-state index in [1.807, 2.05) is 18.2 Å². The first kappa shape index (κ1) is 18.4. The zero-order valence-electron chi connectivity index (χ0n) is 15.0. The number of hydrogen-bond acceptors (Lipinski definition) is 4. The highest BCUT2D eigenvalue weighted by molar-refractivity contribution is 5.77. The Morgan fingerprint density at radius 1 is 1.25 bits per heavy atom. The van der Waals surface area contributed by atoms with Crippen LogP contribution < -0.4 is 20.5 Å². The van der Waals surface area contributed by atoms with E-state index in [0.717, 1.165) is 24.6 Å². The minimum atomic E-state index is 0.482. The molecule has 0 aromatic heterocycles. The molecule has 1 saturated heterocycles. The van der Waals surface area contributed by atoms with Gasteiger partial charge in [0.25, 0.3) is 0 Å². The molecule has 6 nitrogen and oxygen atoms in total. The van der Waals surface area contributed by atoms with E-state index in [0.29, 0.717) is 24.0 Å². The van der Waals surface area contributed by atoms with E-state index in [9.17, 15) is 0 Å². The average molecular weight is 334 g/mol. The SMILES string of the molecule is COc1ccc(CN=C(N)NCCN2CCC(C)CC2)cc1OC. The molecule has 1 fully saturated rings. The van der Waals surface area contributed by atoms with Crippen LogP contribution in [-0.2, 0) is 6.54 Å². The lowest BCUT2D eigenvalue weighted by atomic mass is 9.99. The minimum absolute atomic E-state index is 0.482. The summed E-state index contributed by atoms with van der Waals surface area (Å²) in [5, 5.41) is 3.19. The number of guanidine groups is 1. The molecule has 0 unspecified atom stereocenters. The van der Waals surface area contributed by atoms with Crippen LogP contribution >= 0.6 is 0 Å². The third kappa shape index (κ3) is 5.60. The Morgan fingerprint density at radius 3 is 2.62 bits per heavy atom. The number of likely N-dealkylation sites (tertiary alicyclic amines) is 1. The third-order valence-corrected chi connectivity index (χ3v) is 4.49. The summed E-state index contributed by atoms with van der Waals surface area (Å²) in [7, 11) is 3.25. The van der Waals surface area contributed by atoms with Crippen molar-refractivity contribution in [2.75, 3.05) is 40.4 Å². The lowest BCUT2D eigenvalue weighted by molar-refractivity contribution is 0.195. The smallest absolute Gasteiger partial charge is 0.188 e. The monoisotopic (exact) mass is 334 g/mol. The molecule has 2 rings (SSSR count). The largest absolute Gasteiger partial charge is 0.493 e. The van der Waals surface area contributed by atoms with Crippen LogP contribution in [0.3, 0.4) is 0 Å². The van der Waals surface area contributed by atoms with Crippen molar-refractivity contribution < 1.29 is 9.47 Å². The number of benzene rings is 1. The maximum atomic E-state index is 5.95. The van der Waals surface area contributed by atoms with E-state index < -0.39 is 0 Å². The van der Waals surface area contributed by atoms with Gasteiger partial charge in [0.1, 0.15) is 0 Å². The van der Waals surface area contributed by atoms with Crippen molar-refractivity contribution >= 4 is 5.96 Å². The van der Waals surface area contributed by atoms with Crippen LogP contribution in [0.5, 0.6) is 11.5 Å². The average Bonchev–Trinajstić information content (AvgIpc) is 2.61. The molecule has 0 saturated carbocycles. The van der Waals surface area contributed by atoms with Crippen molar-refractivity contribution in [1.82, 2.24) is 10.2 Å². The van der Waals surface area contributed by atoms with Crippen LogP contribution in [0, 0.1) is 5.92 Å². The van der Waals surface area contributed by atoms with E-state index in [2.05, 4.69) is 22.1 Å². The Hall–Kier alpha value is -1.95. The molecular weight excluding hydrogens is 304 g/mol. The molecule has 1 aliphatic heterocycles. The van der Waals surface area contributed by atoms with Gasteiger partial charge < -0.3 is 25.4 Å². The van der Waals surface area contributed by atoms with Crippen LogP contribution in [0.2, 0.25) is 0 Å². The quantitative estimate of drug-likeness (QED) is 0.588. The number of methoxy groups -OCH3 is 2. The maximum Gasteiger partial charge on any atom is 0.188 e. The fraction of sp³-hybridized carbons (Fsp3) is 0.611. The number of piperidine rings is 1. The van der Waals surface area contributed by atoms with Gasteiger partial charge >= 0.3 is 0 Å². The molecule has 24 heavy (non-hydrogen) atoms. The summed E-state index contributed by atoms with van der Waals surface area (Å²) in [5.41, 5.74) is 6.98. The second-order valence-electron chi connectivity index (χ2n) is 6.34. The molecule has 6 heteroatoms. The molecular formula is C18H30N4O2. The summed E-state index contributed by atoms with van der Waals surface area (Å²) in [4.78, 5) is 6.87. The van der Waals surface area contributed by atoms with Gasteiger partial charge in [0.2, 0.25) is 0 Å². The molecule has 1 aromatic carbocycles. The van der Waals surface area contributed by atoms with Crippen LogP contribution in [0.15, 0.2) is 23.2 Å². The molecule has 134 valence electrons. The van der Waals surface area contributed by atoms with Crippen LogP contribution in [0.4, 0.5) is 0 Å². The standard InChI is InChI=1S/C18H30N4O2/c1-14-6-9-22(10-7-14)11-8-20-18(19)21-13-15-4-5-16(23-2)17(12-15)24-3/h4-5,12,14H,6-11,13H2,1-3H3,(H3,19,20,21). The summed E-state index contributed by atoms with van der Waals surface area (Å²) in [6.45, 7) is 7.06. The van der Waals surface area contributed by atoms with E-state index in [4.69, 9.17) is 15.2 Å². The normalized spacial score (nSPS) is 16.9. The zero-order valence-corrected chi connectivity index (χ0v) is 15.0. The number of hydrogen-bond donors (Lipinski definition) is 2. The fourth-order valence-corrected chi connectivity index (χ4v) is 2.84. The highest BCUT2D eigenvalue weighted by Gasteiger charge is 2.14. The van der Waals surface area contributed by atoms with Gasteiger partial charge in [0.05, 0.1) is 20.8 Å². The van der Waals surface area contributed by atoms with E-state index in [1.165, 1.54) is 25.9 Å². The predicted octanol–water partition coefficient (Wildman–Crippen LogP) is 1.84. The number of nitrogens with zero attached hydrogens (tertiary/aromatic N) is 2. The molecule has 3 N–H and O–H groups in total. The Bertz CT molecular complexity index is 540. The second kappa shape index (κ2) is 9.37. The summed E-state index contributed by atoms with van der Waals surface area (Å²) < 4.78 is 10.5. The summed E-state index contributed by atoms with van der Waals surface area (Å²) in [6.07, 6.45) is 2.59. The van der Waals surface area contributed by atoms with Gasteiger partial charge in [-0.25, -0.2) is 4.99 Å². The number of aliphatic imine (C=N–C) groups is 1. The number of ether oxygens (including phenoxy) is 2. The van der Waals surface area contributed by atoms with Crippen molar-refractivity contribution in [2.24, 2.45) is 16.6 Å².